The molecule has 0 aliphatic rings. The molecule has 0 amide bonds. The average Bonchev–Trinajstić information content (AvgIpc) is 2.15. The van der Waals surface area contributed by atoms with Crippen molar-refractivity contribution < 1.29 is 13.9 Å². The second-order valence-corrected chi connectivity index (χ2v) is 3.66. The molecule has 0 saturated heterocycles. The van der Waals surface area contributed by atoms with Gasteiger partial charge >= 0.3 is 5.97 Å². The zero-order valence-corrected chi connectivity index (χ0v) is 9.65. The molecule has 1 aromatic carbocycles. The van der Waals surface area contributed by atoms with E-state index >= 15 is 0 Å². The third-order valence-corrected chi connectivity index (χ3v) is 2.67. The molecule has 0 atom stereocenters. The standard InChI is InChI=1S/C9H7BrClFO2/c1-14-9(13)6-2-5(12)3-8(10)7(6)4-11/h2-3H,4H2,1H3. The summed E-state index contributed by atoms with van der Waals surface area (Å²) in [7, 11) is 1.24. The van der Waals surface area contributed by atoms with E-state index in [0.717, 1.165) is 6.07 Å². The van der Waals surface area contributed by atoms with Gasteiger partial charge in [0.25, 0.3) is 0 Å². The molecule has 0 aliphatic carbocycles. The monoisotopic (exact) mass is 280 g/mol. The smallest absolute Gasteiger partial charge is 0.338 e. The van der Waals surface area contributed by atoms with E-state index in [9.17, 15) is 9.18 Å². The summed E-state index contributed by atoms with van der Waals surface area (Å²) in [4.78, 5) is 11.2. The Bertz CT molecular complexity index is 368. The Morgan fingerprint density at radius 1 is 1.64 bits per heavy atom. The van der Waals surface area contributed by atoms with Crippen molar-refractivity contribution in [3.8, 4) is 0 Å². The zero-order valence-electron chi connectivity index (χ0n) is 7.31. The fraction of sp³-hybridized carbons (Fsp3) is 0.222. The molecule has 1 aromatic rings. The highest BCUT2D eigenvalue weighted by Crippen LogP contribution is 2.24. The number of benzene rings is 1. The minimum Gasteiger partial charge on any atom is -0.465 e. The van der Waals surface area contributed by atoms with Crippen molar-refractivity contribution in [2.45, 2.75) is 5.88 Å². The summed E-state index contributed by atoms with van der Waals surface area (Å²) in [5, 5.41) is 0. The van der Waals surface area contributed by atoms with Crippen molar-refractivity contribution in [2.24, 2.45) is 0 Å². The van der Waals surface area contributed by atoms with Gasteiger partial charge in [-0.25, -0.2) is 9.18 Å². The Hall–Kier alpha value is -0.610. The zero-order chi connectivity index (χ0) is 10.7. The number of esters is 1. The molecule has 0 aromatic heterocycles. The van der Waals surface area contributed by atoms with Gasteiger partial charge in [-0.2, -0.15) is 0 Å². The molecule has 0 heterocycles. The maximum absolute atomic E-state index is 13.0. The number of carbonyl (C=O) groups is 1. The molecule has 0 unspecified atom stereocenters. The maximum atomic E-state index is 13.0. The van der Waals surface area contributed by atoms with Crippen LogP contribution in [0.15, 0.2) is 16.6 Å². The molecule has 0 fully saturated rings. The van der Waals surface area contributed by atoms with Crippen molar-refractivity contribution in [3.63, 3.8) is 0 Å². The highest BCUT2D eigenvalue weighted by atomic mass is 79.9. The van der Waals surface area contributed by atoms with Crippen molar-refractivity contribution in [1.82, 2.24) is 0 Å². The molecule has 0 radical (unpaired) electrons. The Labute approximate surface area is 94.1 Å². The molecule has 2 nitrogen and oxygen atoms in total. The lowest BCUT2D eigenvalue weighted by Gasteiger charge is -2.07. The lowest BCUT2D eigenvalue weighted by atomic mass is 10.1. The third kappa shape index (κ3) is 2.25. The molecule has 5 heteroatoms. The largest absolute Gasteiger partial charge is 0.465 e. The maximum Gasteiger partial charge on any atom is 0.338 e. The number of ether oxygens (including phenoxy) is 1. The van der Waals surface area contributed by atoms with Gasteiger partial charge in [-0.15, -0.1) is 11.6 Å². The Morgan fingerprint density at radius 3 is 2.79 bits per heavy atom. The number of hydrogen-bond acceptors (Lipinski definition) is 2. The quantitative estimate of drug-likeness (QED) is 0.615. The van der Waals surface area contributed by atoms with E-state index in [4.69, 9.17) is 11.6 Å². The highest BCUT2D eigenvalue weighted by Gasteiger charge is 2.15. The summed E-state index contributed by atoms with van der Waals surface area (Å²) in [6.07, 6.45) is 0. The van der Waals surface area contributed by atoms with Crippen LogP contribution in [0.4, 0.5) is 4.39 Å². The summed E-state index contributed by atoms with van der Waals surface area (Å²) in [5.74, 6) is -0.988. The summed E-state index contributed by atoms with van der Waals surface area (Å²) in [6, 6.07) is 2.36. The van der Waals surface area contributed by atoms with Crippen LogP contribution in [0, 0.1) is 5.82 Å². The average molecular weight is 282 g/mol. The van der Waals surface area contributed by atoms with Crippen molar-refractivity contribution >= 4 is 33.5 Å². The number of rotatable bonds is 2. The summed E-state index contributed by atoms with van der Waals surface area (Å²) >= 11 is 8.75. The third-order valence-electron chi connectivity index (χ3n) is 1.70. The highest BCUT2D eigenvalue weighted by molar-refractivity contribution is 9.10. The Kier molecular flexibility index (Phi) is 3.89. The summed E-state index contributed by atoms with van der Waals surface area (Å²) < 4.78 is 17.9. The first-order valence-electron chi connectivity index (χ1n) is 3.72. The van der Waals surface area contributed by atoms with E-state index in [1.165, 1.54) is 13.2 Å². The van der Waals surface area contributed by atoms with Gasteiger partial charge in [-0.3, -0.25) is 0 Å². The van der Waals surface area contributed by atoms with Gasteiger partial charge in [0.1, 0.15) is 5.82 Å². The SMILES string of the molecule is COC(=O)c1cc(F)cc(Br)c1CCl. The van der Waals surface area contributed by atoms with Gasteiger partial charge in [0, 0.05) is 10.4 Å². The predicted molar refractivity (Wildman–Crippen MR) is 55.0 cm³/mol. The predicted octanol–water partition coefficient (Wildman–Crippen LogP) is 3.11. The Morgan fingerprint density at radius 2 is 2.29 bits per heavy atom. The van der Waals surface area contributed by atoms with Gasteiger partial charge in [0.2, 0.25) is 0 Å². The van der Waals surface area contributed by atoms with Gasteiger partial charge < -0.3 is 4.74 Å². The molecular formula is C9H7BrClFO2. The number of halogens is 3. The van der Waals surface area contributed by atoms with Crippen LogP contribution in [-0.4, -0.2) is 13.1 Å². The second-order valence-electron chi connectivity index (χ2n) is 2.54. The van der Waals surface area contributed by atoms with Gasteiger partial charge in [-0.1, -0.05) is 15.9 Å². The molecule has 0 bridgehead atoms. The molecular weight excluding hydrogens is 274 g/mol. The number of hydrogen-bond donors (Lipinski definition) is 0. The first kappa shape index (κ1) is 11.5. The van der Waals surface area contributed by atoms with Gasteiger partial charge in [-0.05, 0) is 17.7 Å². The minimum atomic E-state index is -0.596. The van der Waals surface area contributed by atoms with E-state index in [1.807, 2.05) is 0 Å². The van der Waals surface area contributed by atoms with Crippen LogP contribution in [0.1, 0.15) is 15.9 Å². The van der Waals surface area contributed by atoms with Crippen molar-refractivity contribution in [3.05, 3.63) is 33.5 Å². The fourth-order valence-electron chi connectivity index (χ4n) is 1.03. The molecule has 0 aliphatic heterocycles. The van der Waals surface area contributed by atoms with Crippen LogP contribution < -0.4 is 0 Å². The normalized spacial score (nSPS) is 10.0. The van der Waals surface area contributed by atoms with Crippen LogP contribution in [-0.2, 0) is 10.6 Å². The van der Waals surface area contributed by atoms with E-state index in [1.54, 1.807) is 0 Å². The lowest BCUT2D eigenvalue weighted by molar-refractivity contribution is 0.0599. The van der Waals surface area contributed by atoms with Gasteiger partial charge in [0.15, 0.2) is 0 Å². The van der Waals surface area contributed by atoms with E-state index < -0.39 is 11.8 Å². The topological polar surface area (TPSA) is 26.3 Å². The Balaban J connectivity index is 3.32. The van der Waals surface area contributed by atoms with Crippen molar-refractivity contribution in [1.29, 1.82) is 0 Å². The van der Waals surface area contributed by atoms with Crippen LogP contribution in [0.2, 0.25) is 0 Å². The van der Waals surface area contributed by atoms with E-state index in [2.05, 4.69) is 20.7 Å². The van der Waals surface area contributed by atoms with Gasteiger partial charge in [0.05, 0.1) is 12.7 Å². The molecule has 0 N–H and O–H groups in total. The number of alkyl halides is 1. The number of carbonyl (C=O) groups excluding carboxylic acids is 1. The lowest BCUT2D eigenvalue weighted by Crippen LogP contribution is -2.06. The molecule has 0 saturated carbocycles. The van der Waals surface area contributed by atoms with Crippen molar-refractivity contribution in [2.75, 3.05) is 7.11 Å². The number of methoxy groups -OCH3 is 1. The first-order chi connectivity index (χ1) is 6.60. The van der Waals surface area contributed by atoms with E-state index in [0.29, 0.717) is 10.0 Å². The van der Waals surface area contributed by atoms with Crippen LogP contribution >= 0.6 is 27.5 Å². The first-order valence-corrected chi connectivity index (χ1v) is 5.05. The molecule has 0 spiro atoms. The molecule has 1 rings (SSSR count). The van der Waals surface area contributed by atoms with Crippen LogP contribution in [0.25, 0.3) is 0 Å². The molecule has 14 heavy (non-hydrogen) atoms. The summed E-state index contributed by atoms with van der Waals surface area (Å²) in [5.41, 5.74) is 0.675. The van der Waals surface area contributed by atoms with Crippen LogP contribution in [0.5, 0.6) is 0 Å². The summed E-state index contributed by atoms with van der Waals surface area (Å²) in [6.45, 7) is 0. The van der Waals surface area contributed by atoms with Crippen LogP contribution in [0.3, 0.4) is 0 Å². The van der Waals surface area contributed by atoms with E-state index in [-0.39, 0.29) is 11.4 Å². The minimum absolute atomic E-state index is 0.116. The second kappa shape index (κ2) is 4.75. The molecule has 76 valence electrons. The fourth-order valence-corrected chi connectivity index (χ4v) is 2.05.